The highest BCUT2D eigenvalue weighted by Crippen LogP contribution is 2.33. The van der Waals surface area contributed by atoms with Crippen LogP contribution in [0.2, 0.25) is 10.0 Å². The predicted molar refractivity (Wildman–Crippen MR) is 135 cm³/mol. The second kappa shape index (κ2) is 12.3. The Bertz CT molecular complexity index is 1130. The first kappa shape index (κ1) is 27.8. The topological polar surface area (TPSA) is 96.0 Å². The monoisotopic (exact) mass is 529 g/mol. The third kappa shape index (κ3) is 7.01. The van der Waals surface area contributed by atoms with Crippen LogP contribution in [0.4, 0.5) is 5.69 Å². The first-order chi connectivity index (χ1) is 16.0. The highest BCUT2D eigenvalue weighted by atomic mass is 35.5. The van der Waals surface area contributed by atoms with E-state index in [1.807, 2.05) is 0 Å². The van der Waals surface area contributed by atoms with Crippen molar-refractivity contribution in [2.45, 2.75) is 32.9 Å². The highest BCUT2D eigenvalue weighted by Gasteiger charge is 2.32. The van der Waals surface area contributed by atoms with E-state index in [4.69, 9.17) is 27.9 Å². The lowest BCUT2D eigenvalue weighted by molar-refractivity contribution is -0.140. The molecule has 0 aliphatic carbocycles. The molecule has 2 amide bonds. The normalized spacial score (nSPS) is 12.1. The van der Waals surface area contributed by atoms with Gasteiger partial charge in [-0.1, -0.05) is 48.3 Å². The minimum Gasteiger partial charge on any atom is -0.495 e. The van der Waals surface area contributed by atoms with Crippen molar-refractivity contribution in [3.8, 4) is 5.75 Å². The summed E-state index contributed by atoms with van der Waals surface area (Å²) in [6.07, 6.45) is 1.31. The van der Waals surface area contributed by atoms with Crippen molar-refractivity contribution < 1.29 is 22.7 Å². The van der Waals surface area contributed by atoms with E-state index in [-0.39, 0.29) is 28.9 Å². The molecule has 2 aromatic carbocycles. The summed E-state index contributed by atoms with van der Waals surface area (Å²) in [6.45, 7) is 3.41. The summed E-state index contributed by atoms with van der Waals surface area (Å²) in [6, 6.07) is 10.6. The fourth-order valence-corrected chi connectivity index (χ4v) is 4.68. The van der Waals surface area contributed by atoms with Crippen LogP contribution < -0.4 is 14.4 Å². The first-order valence-electron chi connectivity index (χ1n) is 10.6. The average molecular weight is 530 g/mol. The number of ether oxygens (including phenoxy) is 1. The number of likely N-dealkylation sites (N-methyl/N-ethyl adjacent to an activating group) is 1. The van der Waals surface area contributed by atoms with Gasteiger partial charge in [0, 0.05) is 23.1 Å². The number of nitrogens with zero attached hydrogens (tertiary/aromatic N) is 2. The van der Waals surface area contributed by atoms with Crippen LogP contribution >= 0.6 is 23.2 Å². The van der Waals surface area contributed by atoms with Crippen molar-refractivity contribution in [2.24, 2.45) is 0 Å². The van der Waals surface area contributed by atoms with Crippen LogP contribution in [0.15, 0.2) is 42.5 Å². The third-order valence-electron chi connectivity index (χ3n) is 5.12. The molecule has 186 valence electrons. The number of carbonyl (C=O) groups excluding carboxylic acids is 2. The molecule has 2 rings (SSSR count). The van der Waals surface area contributed by atoms with Crippen LogP contribution in [0.25, 0.3) is 0 Å². The largest absolute Gasteiger partial charge is 0.495 e. The molecule has 11 heteroatoms. The zero-order valence-electron chi connectivity index (χ0n) is 19.5. The molecular weight excluding hydrogens is 501 g/mol. The summed E-state index contributed by atoms with van der Waals surface area (Å²) < 4.78 is 31.6. The van der Waals surface area contributed by atoms with Crippen LogP contribution in [0, 0.1) is 0 Å². The molecule has 1 N–H and O–H groups in total. The average Bonchev–Trinajstić information content (AvgIpc) is 2.77. The van der Waals surface area contributed by atoms with Gasteiger partial charge >= 0.3 is 0 Å². The van der Waals surface area contributed by atoms with E-state index in [0.29, 0.717) is 23.6 Å². The predicted octanol–water partition coefficient (Wildman–Crippen LogP) is 3.71. The molecule has 0 saturated heterocycles. The van der Waals surface area contributed by atoms with Gasteiger partial charge in [-0.15, -0.1) is 0 Å². The minimum absolute atomic E-state index is 0.0262. The van der Waals surface area contributed by atoms with Gasteiger partial charge in [0.2, 0.25) is 21.8 Å². The van der Waals surface area contributed by atoms with Gasteiger partial charge in [0.05, 0.1) is 19.1 Å². The van der Waals surface area contributed by atoms with Crippen LogP contribution in [-0.4, -0.2) is 57.6 Å². The van der Waals surface area contributed by atoms with Gasteiger partial charge in [0.25, 0.3) is 0 Å². The molecular formula is C23H29Cl2N3O5S. The molecule has 2 aromatic rings. The van der Waals surface area contributed by atoms with Gasteiger partial charge in [-0.2, -0.15) is 0 Å². The molecule has 0 unspecified atom stereocenters. The van der Waals surface area contributed by atoms with E-state index in [1.54, 1.807) is 44.2 Å². The summed E-state index contributed by atoms with van der Waals surface area (Å²) >= 11 is 12.4. The molecule has 1 atom stereocenters. The van der Waals surface area contributed by atoms with Crippen molar-refractivity contribution in [2.75, 3.05) is 30.8 Å². The maximum atomic E-state index is 13.6. The lowest BCUT2D eigenvalue weighted by atomic mass is 10.1. The highest BCUT2D eigenvalue weighted by molar-refractivity contribution is 7.92. The Balaban J connectivity index is 2.52. The van der Waals surface area contributed by atoms with Crippen LogP contribution in [0.5, 0.6) is 5.75 Å². The smallest absolute Gasteiger partial charge is 0.244 e. The standard InChI is InChI=1S/C23H29Cl2N3O5S/c1-5-19(23(30)26-6-2)27(14-16-9-7-8-10-18(16)25)22(29)15-28(34(4,31)32)20-13-17(24)11-12-21(20)33-3/h7-13,19H,5-6,14-15H2,1-4H3,(H,26,30)/t19-/m0/s1. The zero-order chi connectivity index (χ0) is 25.5. The number of amides is 2. The van der Waals surface area contributed by atoms with Crippen LogP contribution in [0.3, 0.4) is 0 Å². The van der Waals surface area contributed by atoms with Crippen LogP contribution in [-0.2, 0) is 26.2 Å². The Hall–Kier alpha value is -2.49. The van der Waals surface area contributed by atoms with E-state index in [0.717, 1.165) is 10.6 Å². The van der Waals surface area contributed by atoms with Gasteiger partial charge in [-0.3, -0.25) is 13.9 Å². The van der Waals surface area contributed by atoms with E-state index in [1.165, 1.54) is 24.1 Å². The number of benzene rings is 2. The van der Waals surface area contributed by atoms with E-state index >= 15 is 0 Å². The Kier molecular flexibility index (Phi) is 10.0. The maximum Gasteiger partial charge on any atom is 0.244 e. The number of nitrogens with one attached hydrogen (secondary N) is 1. The Morgan fingerprint density at radius 1 is 1.12 bits per heavy atom. The first-order valence-corrected chi connectivity index (χ1v) is 13.3. The number of carbonyl (C=O) groups is 2. The fourth-order valence-electron chi connectivity index (χ4n) is 3.47. The number of halogens is 2. The molecule has 0 bridgehead atoms. The molecule has 0 aromatic heterocycles. The summed E-state index contributed by atoms with van der Waals surface area (Å²) in [5.74, 6) is -0.682. The maximum absolute atomic E-state index is 13.6. The molecule has 0 aliphatic heterocycles. The van der Waals surface area contributed by atoms with Gasteiger partial charge in [0.1, 0.15) is 18.3 Å². The van der Waals surface area contributed by atoms with Crippen molar-refractivity contribution in [1.29, 1.82) is 0 Å². The number of hydrogen-bond acceptors (Lipinski definition) is 5. The number of hydrogen-bond donors (Lipinski definition) is 1. The molecule has 8 nitrogen and oxygen atoms in total. The van der Waals surface area contributed by atoms with E-state index < -0.39 is 28.5 Å². The fraction of sp³-hybridized carbons (Fsp3) is 0.391. The van der Waals surface area contributed by atoms with Crippen molar-refractivity contribution in [3.05, 3.63) is 58.1 Å². The molecule has 0 spiro atoms. The van der Waals surface area contributed by atoms with Crippen molar-refractivity contribution in [1.82, 2.24) is 10.2 Å². The molecule has 0 heterocycles. The molecule has 34 heavy (non-hydrogen) atoms. The van der Waals surface area contributed by atoms with E-state index in [9.17, 15) is 18.0 Å². The van der Waals surface area contributed by atoms with Gasteiger partial charge in [0.15, 0.2) is 0 Å². The number of sulfonamides is 1. The molecule has 0 fully saturated rings. The van der Waals surface area contributed by atoms with Crippen LogP contribution in [0.1, 0.15) is 25.8 Å². The second-order valence-corrected chi connectivity index (χ2v) is 10.3. The van der Waals surface area contributed by atoms with Gasteiger partial charge in [-0.05, 0) is 43.2 Å². The molecule has 0 saturated carbocycles. The zero-order valence-corrected chi connectivity index (χ0v) is 21.9. The summed E-state index contributed by atoms with van der Waals surface area (Å²) in [4.78, 5) is 27.7. The summed E-state index contributed by atoms with van der Waals surface area (Å²) in [7, 11) is -2.53. The van der Waals surface area contributed by atoms with Gasteiger partial charge < -0.3 is 15.0 Å². The number of rotatable bonds is 11. The SMILES string of the molecule is CCNC(=O)[C@H](CC)N(Cc1ccccc1Cl)C(=O)CN(c1cc(Cl)ccc1OC)S(C)(=O)=O. The van der Waals surface area contributed by atoms with E-state index in [2.05, 4.69) is 5.32 Å². The Labute approximate surface area is 210 Å². The Morgan fingerprint density at radius 2 is 1.79 bits per heavy atom. The second-order valence-electron chi connectivity index (χ2n) is 7.52. The van der Waals surface area contributed by atoms with Crippen molar-refractivity contribution in [3.63, 3.8) is 0 Å². The molecule has 0 aliphatic rings. The molecule has 0 radical (unpaired) electrons. The minimum atomic E-state index is -3.92. The number of methoxy groups -OCH3 is 1. The summed E-state index contributed by atoms with van der Waals surface area (Å²) in [5, 5.41) is 3.45. The Morgan fingerprint density at radius 3 is 2.35 bits per heavy atom. The third-order valence-corrected chi connectivity index (χ3v) is 6.85. The van der Waals surface area contributed by atoms with Gasteiger partial charge in [-0.25, -0.2) is 8.42 Å². The summed E-state index contributed by atoms with van der Waals surface area (Å²) in [5.41, 5.74) is 0.751. The lowest BCUT2D eigenvalue weighted by Gasteiger charge is -2.33. The quantitative estimate of drug-likeness (QED) is 0.478. The van der Waals surface area contributed by atoms with Crippen molar-refractivity contribution >= 4 is 50.7 Å². The lowest BCUT2D eigenvalue weighted by Crippen LogP contribution is -2.52. The number of anilines is 1.